The maximum atomic E-state index is 12.9. The Hall–Kier alpha value is -1.55. The first-order chi connectivity index (χ1) is 11.8. The number of benzene rings is 1. The Balaban J connectivity index is 2.18. The van der Waals surface area contributed by atoms with E-state index >= 15 is 0 Å². The number of aryl methyl sites for hydroxylation is 2. The molecule has 1 saturated heterocycles. The summed E-state index contributed by atoms with van der Waals surface area (Å²) in [6.07, 6.45) is 4.91. The summed E-state index contributed by atoms with van der Waals surface area (Å²) in [6, 6.07) is 6.16. The van der Waals surface area contributed by atoms with Gasteiger partial charge in [0, 0.05) is 13.1 Å². The molecule has 4 nitrogen and oxygen atoms in total. The number of hydrogen-bond donors (Lipinski definition) is 0. The zero-order chi connectivity index (χ0) is 18.4. The molecule has 0 atom stereocenters. The van der Waals surface area contributed by atoms with Crippen molar-refractivity contribution in [2.45, 2.75) is 65.9 Å². The molecule has 0 N–H and O–H groups in total. The predicted octanol–water partition coefficient (Wildman–Crippen LogP) is 4.92. The number of amides is 1. The summed E-state index contributed by atoms with van der Waals surface area (Å²) in [5, 5.41) is 0. The minimum atomic E-state index is -0.492. The molecule has 140 valence electrons. The molecule has 1 fully saturated rings. The maximum Gasteiger partial charge on any atom is 0.414 e. The topological polar surface area (TPSA) is 32.8 Å². The van der Waals surface area contributed by atoms with Gasteiger partial charge >= 0.3 is 6.09 Å². The SMILES string of the molecule is Cc1cccc(C)c1N(CCN1CCCCCC1)C(=O)OC(C)(C)C. The van der Waals surface area contributed by atoms with Crippen LogP contribution in [0, 0.1) is 13.8 Å². The van der Waals surface area contributed by atoms with Crippen LogP contribution in [-0.2, 0) is 4.74 Å². The number of ether oxygens (including phenoxy) is 1. The van der Waals surface area contributed by atoms with Gasteiger partial charge in [-0.05, 0) is 71.7 Å². The zero-order valence-electron chi connectivity index (χ0n) is 16.6. The molecule has 2 rings (SSSR count). The van der Waals surface area contributed by atoms with Crippen molar-refractivity contribution in [2.24, 2.45) is 0 Å². The molecule has 1 heterocycles. The van der Waals surface area contributed by atoms with Crippen molar-refractivity contribution >= 4 is 11.8 Å². The van der Waals surface area contributed by atoms with Crippen molar-refractivity contribution in [1.82, 2.24) is 4.90 Å². The second-order valence-corrected chi connectivity index (χ2v) is 8.13. The fourth-order valence-electron chi connectivity index (χ4n) is 3.44. The average Bonchev–Trinajstić information content (AvgIpc) is 2.77. The molecule has 1 aromatic carbocycles. The van der Waals surface area contributed by atoms with Crippen LogP contribution in [0.25, 0.3) is 0 Å². The van der Waals surface area contributed by atoms with Crippen LogP contribution in [0.4, 0.5) is 10.5 Å². The van der Waals surface area contributed by atoms with Crippen molar-refractivity contribution in [1.29, 1.82) is 0 Å². The highest BCUT2D eigenvalue weighted by Gasteiger charge is 2.26. The normalized spacial score (nSPS) is 16.4. The van der Waals surface area contributed by atoms with Crippen molar-refractivity contribution in [3.05, 3.63) is 29.3 Å². The first kappa shape index (κ1) is 19.8. The second-order valence-electron chi connectivity index (χ2n) is 8.13. The summed E-state index contributed by atoms with van der Waals surface area (Å²) in [4.78, 5) is 17.2. The number of rotatable bonds is 4. The Morgan fingerprint density at radius 3 is 2.16 bits per heavy atom. The third-order valence-electron chi connectivity index (χ3n) is 4.66. The van der Waals surface area contributed by atoms with Crippen LogP contribution in [0.15, 0.2) is 18.2 Å². The number of para-hydroxylation sites is 1. The molecule has 0 aliphatic carbocycles. The van der Waals surface area contributed by atoms with E-state index in [0.29, 0.717) is 6.54 Å². The van der Waals surface area contributed by atoms with Gasteiger partial charge in [0.1, 0.15) is 5.60 Å². The molecule has 0 spiro atoms. The molecule has 1 aliphatic rings. The maximum absolute atomic E-state index is 12.9. The minimum Gasteiger partial charge on any atom is -0.443 e. The Bertz CT molecular complexity index is 549. The van der Waals surface area contributed by atoms with Gasteiger partial charge < -0.3 is 9.64 Å². The third kappa shape index (κ3) is 6.03. The number of anilines is 1. The van der Waals surface area contributed by atoms with E-state index in [1.54, 1.807) is 0 Å². The largest absolute Gasteiger partial charge is 0.443 e. The molecular formula is C21H34N2O2. The second kappa shape index (κ2) is 8.70. The molecule has 1 amide bonds. The van der Waals surface area contributed by atoms with Crippen molar-refractivity contribution in [3.63, 3.8) is 0 Å². The van der Waals surface area contributed by atoms with Gasteiger partial charge in [-0.25, -0.2) is 4.79 Å². The van der Waals surface area contributed by atoms with Crippen molar-refractivity contribution in [2.75, 3.05) is 31.1 Å². The fourth-order valence-corrected chi connectivity index (χ4v) is 3.44. The van der Waals surface area contributed by atoms with E-state index in [1.165, 1.54) is 25.7 Å². The molecule has 25 heavy (non-hydrogen) atoms. The van der Waals surface area contributed by atoms with E-state index in [9.17, 15) is 4.79 Å². The number of carbonyl (C=O) groups excluding carboxylic acids is 1. The van der Waals surface area contributed by atoms with Crippen molar-refractivity contribution in [3.8, 4) is 0 Å². The first-order valence-electron chi connectivity index (χ1n) is 9.57. The highest BCUT2D eigenvalue weighted by molar-refractivity contribution is 5.90. The minimum absolute atomic E-state index is 0.250. The summed E-state index contributed by atoms with van der Waals surface area (Å²) >= 11 is 0. The lowest BCUT2D eigenvalue weighted by atomic mass is 10.1. The van der Waals surface area contributed by atoms with E-state index < -0.39 is 5.60 Å². The smallest absolute Gasteiger partial charge is 0.414 e. The summed E-state index contributed by atoms with van der Waals surface area (Å²) in [7, 11) is 0. The van der Waals surface area contributed by atoms with E-state index in [0.717, 1.165) is 36.4 Å². The lowest BCUT2D eigenvalue weighted by Gasteiger charge is -2.31. The molecule has 1 aromatic rings. The molecule has 0 aromatic heterocycles. The van der Waals surface area contributed by atoms with E-state index in [-0.39, 0.29) is 6.09 Å². The number of carbonyl (C=O) groups is 1. The Morgan fingerprint density at radius 2 is 1.64 bits per heavy atom. The lowest BCUT2D eigenvalue weighted by molar-refractivity contribution is 0.0576. The van der Waals surface area contributed by atoms with E-state index in [2.05, 4.69) is 30.9 Å². The standard InChI is InChI=1S/C21H34N2O2/c1-17-11-10-12-18(2)19(17)23(20(24)25-21(3,4)5)16-15-22-13-8-6-7-9-14-22/h10-12H,6-9,13-16H2,1-5H3. The monoisotopic (exact) mass is 346 g/mol. The van der Waals surface area contributed by atoms with Crippen LogP contribution < -0.4 is 4.90 Å². The van der Waals surface area contributed by atoms with Gasteiger partial charge in [-0.2, -0.15) is 0 Å². The fraction of sp³-hybridized carbons (Fsp3) is 0.667. The van der Waals surface area contributed by atoms with Gasteiger partial charge in [-0.15, -0.1) is 0 Å². The summed E-state index contributed by atoms with van der Waals surface area (Å²) in [5.74, 6) is 0. The van der Waals surface area contributed by atoms with Crippen LogP contribution in [0.3, 0.4) is 0 Å². The van der Waals surface area contributed by atoms with Gasteiger partial charge in [-0.3, -0.25) is 4.90 Å². The summed E-state index contributed by atoms with van der Waals surface area (Å²) in [5.41, 5.74) is 2.73. The molecule has 0 bridgehead atoms. The molecule has 0 saturated carbocycles. The molecule has 4 heteroatoms. The highest BCUT2D eigenvalue weighted by Crippen LogP contribution is 2.26. The lowest BCUT2D eigenvalue weighted by Crippen LogP contribution is -2.42. The van der Waals surface area contributed by atoms with Gasteiger partial charge in [-0.1, -0.05) is 31.0 Å². The number of likely N-dealkylation sites (tertiary alicyclic amines) is 1. The van der Waals surface area contributed by atoms with Gasteiger partial charge in [0.05, 0.1) is 5.69 Å². The predicted molar refractivity (Wildman–Crippen MR) is 104 cm³/mol. The first-order valence-corrected chi connectivity index (χ1v) is 9.57. The molecular weight excluding hydrogens is 312 g/mol. The summed E-state index contributed by atoms with van der Waals surface area (Å²) in [6.45, 7) is 13.7. The third-order valence-corrected chi connectivity index (χ3v) is 4.66. The van der Waals surface area contributed by atoms with Crippen LogP contribution >= 0.6 is 0 Å². The Labute approximate surface area is 153 Å². The van der Waals surface area contributed by atoms with E-state index in [1.807, 2.05) is 31.7 Å². The van der Waals surface area contributed by atoms with Gasteiger partial charge in [0.15, 0.2) is 0 Å². The zero-order valence-corrected chi connectivity index (χ0v) is 16.6. The highest BCUT2D eigenvalue weighted by atomic mass is 16.6. The van der Waals surface area contributed by atoms with Gasteiger partial charge in [0.25, 0.3) is 0 Å². The summed E-state index contributed by atoms with van der Waals surface area (Å²) < 4.78 is 5.70. The average molecular weight is 347 g/mol. The quantitative estimate of drug-likeness (QED) is 0.775. The molecule has 1 aliphatic heterocycles. The number of hydrogen-bond acceptors (Lipinski definition) is 3. The van der Waals surface area contributed by atoms with Crippen LogP contribution in [0.2, 0.25) is 0 Å². The number of nitrogens with zero attached hydrogens (tertiary/aromatic N) is 2. The Kier molecular flexibility index (Phi) is 6.88. The van der Waals surface area contributed by atoms with Crippen molar-refractivity contribution < 1.29 is 9.53 Å². The Morgan fingerprint density at radius 1 is 1.08 bits per heavy atom. The van der Waals surface area contributed by atoms with Crippen LogP contribution in [0.5, 0.6) is 0 Å². The van der Waals surface area contributed by atoms with Crippen LogP contribution in [0.1, 0.15) is 57.6 Å². The molecule has 0 radical (unpaired) electrons. The van der Waals surface area contributed by atoms with Gasteiger partial charge in [0.2, 0.25) is 0 Å². The van der Waals surface area contributed by atoms with Crippen LogP contribution in [-0.4, -0.2) is 42.8 Å². The van der Waals surface area contributed by atoms with E-state index in [4.69, 9.17) is 4.74 Å². The molecule has 0 unspecified atom stereocenters.